The van der Waals surface area contributed by atoms with Crippen LogP contribution in [-0.4, -0.2) is 17.5 Å². The van der Waals surface area contributed by atoms with Crippen LogP contribution >= 0.6 is 0 Å². The van der Waals surface area contributed by atoms with Gasteiger partial charge in [0.2, 0.25) is 0 Å². The van der Waals surface area contributed by atoms with Gasteiger partial charge in [-0.05, 0) is 19.4 Å². The average Bonchev–Trinajstić information content (AvgIpc) is 2.31. The fourth-order valence-electron chi connectivity index (χ4n) is 1.52. The summed E-state index contributed by atoms with van der Waals surface area (Å²) in [6, 6.07) is 4.84. The van der Waals surface area contributed by atoms with Gasteiger partial charge < -0.3 is 4.74 Å². The maximum absolute atomic E-state index is 11.1. The predicted octanol–water partition coefficient (Wildman–Crippen LogP) is 2.87. The van der Waals surface area contributed by atoms with Crippen molar-refractivity contribution in [2.45, 2.75) is 20.3 Å². The zero-order valence-electron chi connectivity index (χ0n) is 10.4. The maximum atomic E-state index is 11.1. The molecule has 0 radical (unpaired) electrons. The molecule has 5 nitrogen and oxygen atoms in total. The van der Waals surface area contributed by atoms with E-state index in [1.165, 1.54) is 6.07 Å². The first-order valence-corrected chi connectivity index (χ1v) is 5.62. The van der Waals surface area contributed by atoms with Crippen LogP contribution in [0, 0.1) is 17.0 Å². The van der Waals surface area contributed by atoms with Gasteiger partial charge in [0.25, 0.3) is 5.69 Å². The molecule has 0 unspecified atom stereocenters. The smallest absolute Gasteiger partial charge is 0.309 e. The van der Waals surface area contributed by atoms with Gasteiger partial charge in [-0.15, -0.1) is 0 Å². The van der Waals surface area contributed by atoms with Crippen LogP contribution in [0.1, 0.15) is 24.5 Å². The molecule has 0 atom stereocenters. The molecule has 0 heterocycles. The molecule has 1 rings (SSSR count). The average molecular weight is 249 g/mol. The largest absolute Gasteiger partial charge is 0.466 e. The number of carbonyl (C=O) groups is 1. The number of carbonyl (C=O) groups excluding carboxylic acids is 1. The molecule has 0 bridgehead atoms. The second-order valence-corrected chi connectivity index (χ2v) is 3.66. The third-order valence-corrected chi connectivity index (χ3v) is 2.43. The minimum absolute atomic E-state index is 0.0771. The molecule has 1 aromatic rings. The Morgan fingerprint density at radius 2 is 2.22 bits per heavy atom. The predicted molar refractivity (Wildman–Crippen MR) is 68.1 cm³/mol. The Hall–Kier alpha value is -2.17. The first kappa shape index (κ1) is 13.9. The highest BCUT2D eigenvalue weighted by Crippen LogP contribution is 2.22. The van der Waals surface area contributed by atoms with Crippen molar-refractivity contribution in [3.05, 3.63) is 45.5 Å². The zero-order chi connectivity index (χ0) is 13.5. The van der Waals surface area contributed by atoms with Crippen molar-refractivity contribution in [1.29, 1.82) is 0 Å². The summed E-state index contributed by atoms with van der Waals surface area (Å²) in [6.07, 6.45) is 3.50. The van der Waals surface area contributed by atoms with Gasteiger partial charge in [0, 0.05) is 11.6 Å². The molecule has 0 saturated carbocycles. The van der Waals surface area contributed by atoms with Gasteiger partial charge in [0.1, 0.15) is 0 Å². The van der Waals surface area contributed by atoms with E-state index in [1.807, 2.05) is 0 Å². The number of nitro groups is 1. The number of hydrogen-bond acceptors (Lipinski definition) is 4. The molecule has 0 N–H and O–H groups in total. The molecule has 1 aromatic carbocycles. The van der Waals surface area contributed by atoms with Crippen molar-refractivity contribution < 1.29 is 14.5 Å². The highest BCUT2D eigenvalue weighted by molar-refractivity contribution is 5.73. The molecule has 18 heavy (non-hydrogen) atoms. The number of benzene rings is 1. The van der Waals surface area contributed by atoms with Crippen molar-refractivity contribution >= 4 is 17.7 Å². The number of nitro benzene ring substituents is 1. The van der Waals surface area contributed by atoms with Crippen molar-refractivity contribution in [1.82, 2.24) is 0 Å². The molecule has 5 heteroatoms. The van der Waals surface area contributed by atoms with Crippen LogP contribution in [0.4, 0.5) is 5.69 Å². The number of nitrogens with zero attached hydrogens (tertiary/aromatic N) is 1. The molecule has 0 spiro atoms. The quantitative estimate of drug-likeness (QED) is 0.457. The molecule has 0 amide bonds. The first-order chi connectivity index (χ1) is 8.56. The summed E-state index contributed by atoms with van der Waals surface area (Å²) >= 11 is 0. The Morgan fingerprint density at radius 3 is 2.83 bits per heavy atom. The molecule has 96 valence electrons. The Balaban J connectivity index is 2.79. The zero-order valence-corrected chi connectivity index (χ0v) is 10.4. The lowest BCUT2D eigenvalue weighted by molar-refractivity contribution is -0.385. The van der Waals surface area contributed by atoms with Crippen molar-refractivity contribution in [2.24, 2.45) is 0 Å². The summed E-state index contributed by atoms with van der Waals surface area (Å²) in [7, 11) is 0. The van der Waals surface area contributed by atoms with Crippen LogP contribution < -0.4 is 0 Å². The summed E-state index contributed by atoms with van der Waals surface area (Å²) in [5, 5.41) is 10.7. The van der Waals surface area contributed by atoms with E-state index in [2.05, 4.69) is 0 Å². The third kappa shape index (κ3) is 3.69. The normalized spacial score (nSPS) is 10.6. The standard InChI is InChI=1S/C13H15NO4/c1-3-18-13(15)9-5-7-11-6-4-8-12(10(11)2)14(16)17/h4-8H,3,9H2,1-2H3. The van der Waals surface area contributed by atoms with E-state index in [4.69, 9.17) is 4.74 Å². The molecule has 0 aliphatic heterocycles. The molecular weight excluding hydrogens is 234 g/mol. The van der Waals surface area contributed by atoms with Crippen LogP contribution in [0.25, 0.3) is 6.08 Å². The van der Waals surface area contributed by atoms with Crippen LogP contribution in [0.5, 0.6) is 0 Å². The summed E-state index contributed by atoms with van der Waals surface area (Å²) in [4.78, 5) is 21.4. The van der Waals surface area contributed by atoms with Crippen LogP contribution in [0.3, 0.4) is 0 Å². The Kier molecular flexibility index (Phi) is 5.05. The van der Waals surface area contributed by atoms with E-state index >= 15 is 0 Å². The van der Waals surface area contributed by atoms with E-state index < -0.39 is 4.92 Å². The van der Waals surface area contributed by atoms with E-state index in [1.54, 1.807) is 38.1 Å². The van der Waals surface area contributed by atoms with Gasteiger partial charge in [-0.2, -0.15) is 0 Å². The fraction of sp³-hybridized carbons (Fsp3) is 0.308. The third-order valence-electron chi connectivity index (χ3n) is 2.43. The van der Waals surface area contributed by atoms with Gasteiger partial charge in [-0.3, -0.25) is 14.9 Å². The summed E-state index contributed by atoms with van der Waals surface area (Å²) in [5.74, 6) is -0.308. The maximum Gasteiger partial charge on any atom is 0.309 e. The molecule has 0 aliphatic rings. The highest BCUT2D eigenvalue weighted by atomic mass is 16.6. The monoisotopic (exact) mass is 249 g/mol. The van der Waals surface area contributed by atoms with Crippen LogP contribution in [0.2, 0.25) is 0 Å². The minimum Gasteiger partial charge on any atom is -0.466 e. The molecule has 0 aliphatic carbocycles. The second kappa shape index (κ2) is 6.54. The molecular formula is C13H15NO4. The van der Waals surface area contributed by atoms with Crippen LogP contribution in [-0.2, 0) is 9.53 Å². The van der Waals surface area contributed by atoms with E-state index in [-0.39, 0.29) is 18.1 Å². The summed E-state index contributed by atoms with van der Waals surface area (Å²) in [5.41, 5.74) is 1.39. The number of rotatable bonds is 5. The Bertz CT molecular complexity index is 480. The number of esters is 1. The molecule has 0 saturated heterocycles. The topological polar surface area (TPSA) is 69.4 Å². The lowest BCUT2D eigenvalue weighted by Crippen LogP contribution is -2.01. The Labute approximate surface area is 105 Å². The van der Waals surface area contributed by atoms with Crippen molar-refractivity contribution in [3.8, 4) is 0 Å². The van der Waals surface area contributed by atoms with E-state index in [9.17, 15) is 14.9 Å². The number of hydrogen-bond donors (Lipinski definition) is 0. The summed E-state index contributed by atoms with van der Waals surface area (Å²) in [6.45, 7) is 3.77. The van der Waals surface area contributed by atoms with Gasteiger partial charge in [0.05, 0.1) is 18.0 Å². The van der Waals surface area contributed by atoms with Gasteiger partial charge >= 0.3 is 5.97 Å². The molecule has 0 fully saturated rings. The van der Waals surface area contributed by atoms with Gasteiger partial charge in [0.15, 0.2) is 0 Å². The highest BCUT2D eigenvalue weighted by Gasteiger charge is 2.11. The number of ether oxygens (including phenoxy) is 1. The van der Waals surface area contributed by atoms with Crippen molar-refractivity contribution in [2.75, 3.05) is 6.61 Å². The Morgan fingerprint density at radius 1 is 1.50 bits per heavy atom. The van der Waals surface area contributed by atoms with Crippen molar-refractivity contribution in [3.63, 3.8) is 0 Å². The lowest BCUT2D eigenvalue weighted by Gasteiger charge is -2.01. The minimum atomic E-state index is -0.419. The van der Waals surface area contributed by atoms with E-state index in [0.29, 0.717) is 12.2 Å². The van der Waals surface area contributed by atoms with Gasteiger partial charge in [-0.1, -0.05) is 24.3 Å². The fourth-order valence-corrected chi connectivity index (χ4v) is 1.52. The first-order valence-electron chi connectivity index (χ1n) is 5.62. The second-order valence-electron chi connectivity index (χ2n) is 3.66. The lowest BCUT2D eigenvalue weighted by atomic mass is 10.1. The van der Waals surface area contributed by atoms with Gasteiger partial charge in [-0.25, -0.2) is 0 Å². The SMILES string of the molecule is CCOC(=O)CC=Cc1cccc([N+](=O)[O-])c1C. The summed E-state index contributed by atoms with van der Waals surface area (Å²) < 4.78 is 4.77. The van der Waals surface area contributed by atoms with Crippen LogP contribution in [0.15, 0.2) is 24.3 Å². The van der Waals surface area contributed by atoms with E-state index in [0.717, 1.165) is 5.56 Å². The molecule has 0 aromatic heterocycles.